The standard InChI is InChI=1S/C25H21N3O4/c1-3-32-21-13-11-20(12-14-21)27-24(19-9-6-7-17(2)15-19)26-22(25(27)29)16-18-8-4-5-10-23(18)28(30)31/h4-16H,3H2,1-2H3/b22-16+. The Morgan fingerprint density at radius 3 is 2.50 bits per heavy atom. The van der Waals surface area contributed by atoms with Crippen LogP contribution in [0.5, 0.6) is 5.75 Å². The second-order valence-electron chi connectivity index (χ2n) is 7.22. The van der Waals surface area contributed by atoms with Gasteiger partial charge in [-0.15, -0.1) is 0 Å². The maximum Gasteiger partial charge on any atom is 0.282 e. The lowest BCUT2D eigenvalue weighted by molar-refractivity contribution is -0.385. The third-order valence-corrected chi connectivity index (χ3v) is 4.97. The van der Waals surface area contributed by atoms with Gasteiger partial charge in [-0.05, 0) is 56.3 Å². The minimum atomic E-state index is -0.471. The van der Waals surface area contributed by atoms with Gasteiger partial charge in [0.05, 0.1) is 22.8 Å². The van der Waals surface area contributed by atoms with Crippen LogP contribution >= 0.6 is 0 Å². The number of carbonyl (C=O) groups is 1. The van der Waals surface area contributed by atoms with Crippen LogP contribution in [0.3, 0.4) is 0 Å². The van der Waals surface area contributed by atoms with E-state index in [0.717, 1.165) is 11.1 Å². The highest BCUT2D eigenvalue weighted by Crippen LogP contribution is 2.31. The first-order valence-electron chi connectivity index (χ1n) is 10.2. The number of carbonyl (C=O) groups excluding carboxylic acids is 1. The summed E-state index contributed by atoms with van der Waals surface area (Å²) in [5.41, 5.74) is 2.80. The maximum atomic E-state index is 13.4. The minimum absolute atomic E-state index is 0.0837. The number of nitro benzene ring substituents is 1. The fraction of sp³-hybridized carbons (Fsp3) is 0.120. The fourth-order valence-electron chi connectivity index (χ4n) is 3.52. The summed E-state index contributed by atoms with van der Waals surface area (Å²) in [5.74, 6) is 0.809. The Labute approximate surface area is 185 Å². The highest BCUT2D eigenvalue weighted by atomic mass is 16.6. The van der Waals surface area contributed by atoms with E-state index in [9.17, 15) is 14.9 Å². The van der Waals surface area contributed by atoms with Gasteiger partial charge in [0.15, 0.2) is 0 Å². The van der Waals surface area contributed by atoms with Gasteiger partial charge in [-0.1, -0.05) is 35.9 Å². The van der Waals surface area contributed by atoms with Crippen LogP contribution in [0, 0.1) is 17.0 Å². The number of amides is 1. The second-order valence-corrected chi connectivity index (χ2v) is 7.22. The fourth-order valence-corrected chi connectivity index (χ4v) is 3.52. The average Bonchev–Trinajstić information content (AvgIpc) is 3.11. The summed E-state index contributed by atoms with van der Waals surface area (Å²) < 4.78 is 5.50. The molecule has 0 aromatic heterocycles. The van der Waals surface area contributed by atoms with Gasteiger partial charge >= 0.3 is 0 Å². The van der Waals surface area contributed by atoms with E-state index in [-0.39, 0.29) is 17.3 Å². The van der Waals surface area contributed by atoms with Crippen molar-refractivity contribution in [3.05, 3.63) is 105 Å². The number of benzene rings is 3. The van der Waals surface area contributed by atoms with Gasteiger partial charge in [0.2, 0.25) is 0 Å². The molecule has 0 radical (unpaired) electrons. The Kier molecular flexibility index (Phi) is 5.81. The van der Waals surface area contributed by atoms with Crippen molar-refractivity contribution in [1.29, 1.82) is 0 Å². The van der Waals surface area contributed by atoms with Crippen molar-refractivity contribution in [3.63, 3.8) is 0 Å². The van der Waals surface area contributed by atoms with Gasteiger partial charge in [-0.25, -0.2) is 4.99 Å². The van der Waals surface area contributed by atoms with E-state index < -0.39 is 4.92 Å². The van der Waals surface area contributed by atoms with Crippen molar-refractivity contribution in [1.82, 2.24) is 0 Å². The number of ether oxygens (including phenoxy) is 1. The molecule has 3 aromatic rings. The molecule has 0 fully saturated rings. The molecule has 4 rings (SSSR count). The van der Waals surface area contributed by atoms with Crippen LogP contribution in [0.25, 0.3) is 6.08 Å². The van der Waals surface area contributed by atoms with Crippen LogP contribution in [0.4, 0.5) is 11.4 Å². The van der Waals surface area contributed by atoms with Crippen molar-refractivity contribution < 1.29 is 14.5 Å². The van der Waals surface area contributed by atoms with E-state index in [1.165, 1.54) is 17.0 Å². The number of rotatable bonds is 6. The number of nitrogens with zero attached hydrogens (tertiary/aromatic N) is 3. The molecule has 32 heavy (non-hydrogen) atoms. The van der Waals surface area contributed by atoms with E-state index >= 15 is 0 Å². The Morgan fingerprint density at radius 1 is 1.06 bits per heavy atom. The Hall–Kier alpha value is -4.26. The maximum absolute atomic E-state index is 13.4. The number of anilines is 1. The van der Waals surface area contributed by atoms with E-state index in [1.807, 2.05) is 38.1 Å². The number of hydrogen-bond donors (Lipinski definition) is 0. The zero-order valence-electron chi connectivity index (χ0n) is 17.7. The quantitative estimate of drug-likeness (QED) is 0.310. The number of para-hydroxylation sites is 1. The molecule has 160 valence electrons. The molecule has 0 bridgehead atoms. The van der Waals surface area contributed by atoms with Crippen LogP contribution in [-0.2, 0) is 4.79 Å². The van der Waals surface area contributed by atoms with Crippen molar-refractivity contribution in [3.8, 4) is 5.75 Å². The summed E-state index contributed by atoms with van der Waals surface area (Å²) in [6.07, 6.45) is 1.46. The predicted molar refractivity (Wildman–Crippen MR) is 124 cm³/mol. The second kappa shape index (κ2) is 8.85. The smallest absolute Gasteiger partial charge is 0.282 e. The first kappa shape index (κ1) is 21.0. The first-order valence-corrected chi connectivity index (χ1v) is 10.2. The summed E-state index contributed by atoms with van der Waals surface area (Å²) in [7, 11) is 0. The number of nitro groups is 1. The largest absolute Gasteiger partial charge is 0.494 e. The molecule has 1 heterocycles. The molecule has 0 atom stereocenters. The third-order valence-electron chi connectivity index (χ3n) is 4.97. The molecule has 7 nitrogen and oxygen atoms in total. The zero-order valence-corrected chi connectivity index (χ0v) is 17.7. The summed E-state index contributed by atoms with van der Waals surface area (Å²) in [6.45, 7) is 4.41. The summed E-state index contributed by atoms with van der Waals surface area (Å²) >= 11 is 0. The van der Waals surface area contributed by atoms with Crippen molar-refractivity contribution in [2.75, 3.05) is 11.5 Å². The summed E-state index contributed by atoms with van der Waals surface area (Å²) in [5, 5.41) is 11.4. The number of hydrogen-bond acceptors (Lipinski definition) is 5. The molecule has 1 amide bonds. The topological polar surface area (TPSA) is 85.0 Å². The van der Waals surface area contributed by atoms with Gasteiger partial charge in [0.1, 0.15) is 17.3 Å². The van der Waals surface area contributed by atoms with Crippen LogP contribution < -0.4 is 9.64 Å². The Bertz CT molecular complexity index is 1250. The summed E-state index contributed by atoms with van der Waals surface area (Å²) in [4.78, 5) is 30.5. The monoisotopic (exact) mass is 427 g/mol. The lowest BCUT2D eigenvalue weighted by Crippen LogP contribution is -2.32. The van der Waals surface area contributed by atoms with Crippen LogP contribution in [0.1, 0.15) is 23.6 Å². The van der Waals surface area contributed by atoms with E-state index in [1.54, 1.807) is 42.5 Å². The molecule has 7 heteroatoms. The molecule has 0 unspecified atom stereocenters. The van der Waals surface area contributed by atoms with Crippen molar-refractivity contribution in [2.24, 2.45) is 4.99 Å². The van der Waals surface area contributed by atoms with Crippen LogP contribution in [-0.4, -0.2) is 23.3 Å². The highest BCUT2D eigenvalue weighted by molar-refractivity contribution is 6.33. The number of aryl methyl sites for hydroxylation is 1. The lowest BCUT2D eigenvalue weighted by Gasteiger charge is -2.19. The molecular weight excluding hydrogens is 406 g/mol. The third kappa shape index (κ3) is 4.13. The molecular formula is C25H21N3O4. The normalized spacial score (nSPS) is 14.6. The van der Waals surface area contributed by atoms with E-state index in [0.29, 0.717) is 29.4 Å². The van der Waals surface area contributed by atoms with Crippen molar-refractivity contribution in [2.45, 2.75) is 13.8 Å². The summed E-state index contributed by atoms with van der Waals surface area (Å²) in [6, 6.07) is 21.2. The molecule has 1 aliphatic heterocycles. The average molecular weight is 427 g/mol. The Balaban J connectivity index is 1.82. The van der Waals surface area contributed by atoms with Gasteiger partial charge in [0, 0.05) is 11.6 Å². The highest BCUT2D eigenvalue weighted by Gasteiger charge is 2.33. The van der Waals surface area contributed by atoms with Crippen molar-refractivity contribution >= 4 is 29.2 Å². The lowest BCUT2D eigenvalue weighted by atomic mass is 10.1. The molecule has 0 spiro atoms. The van der Waals surface area contributed by atoms with Crippen LogP contribution in [0.2, 0.25) is 0 Å². The number of aliphatic imine (C=N–C) groups is 1. The molecule has 0 saturated carbocycles. The zero-order chi connectivity index (χ0) is 22.7. The molecule has 0 N–H and O–H groups in total. The molecule has 1 aliphatic rings. The van der Waals surface area contributed by atoms with Gasteiger partial charge in [-0.3, -0.25) is 19.8 Å². The molecule has 0 aliphatic carbocycles. The number of amidine groups is 1. The van der Waals surface area contributed by atoms with E-state index in [4.69, 9.17) is 4.74 Å². The van der Waals surface area contributed by atoms with Gasteiger partial charge < -0.3 is 4.74 Å². The minimum Gasteiger partial charge on any atom is -0.494 e. The van der Waals surface area contributed by atoms with Gasteiger partial charge in [-0.2, -0.15) is 0 Å². The Morgan fingerprint density at radius 2 is 1.81 bits per heavy atom. The molecule has 0 saturated heterocycles. The van der Waals surface area contributed by atoms with Gasteiger partial charge in [0.25, 0.3) is 11.6 Å². The van der Waals surface area contributed by atoms with Crippen LogP contribution in [0.15, 0.2) is 83.5 Å². The first-order chi connectivity index (χ1) is 15.5. The predicted octanol–water partition coefficient (Wildman–Crippen LogP) is 5.14. The van der Waals surface area contributed by atoms with E-state index in [2.05, 4.69) is 4.99 Å². The SMILES string of the molecule is CCOc1ccc(N2C(=O)/C(=C\c3ccccc3[N+](=O)[O-])N=C2c2cccc(C)c2)cc1. The molecule has 3 aromatic carbocycles.